The molecule has 48 heavy (non-hydrogen) atoms. The molecule has 1 saturated carbocycles. The second-order valence-electron chi connectivity index (χ2n) is 15.4. The number of benzene rings is 1. The Morgan fingerprint density at radius 1 is 1.21 bits per heavy atom. The summed E-state index contributed by atoms with van der Waals surface area (Å²) < 4.78 is 12.0. The van der Waals surface area contributed by atoms with Crippen molar-refractivity contribution >= 4 is 35.1 Å². The molecule has 0 aromatic heterocycles. The number of ether oxygens (including phenoxy) is 2. The zero-order valence-corrected chi connectivity index (χ0v) is 30.3. The molecule has 2 aliphatic heterocycles. The van der Waals surface area contributed by atoms with Gasteiger partial charge in [0, 0.05) is 50.4 Å². The number of para-hydroxylation sites is 1. The van der Waals surface area contributed by atoms with Crippen molar-refractivity contribution in [2.45, 2.75) is 110 Å². The van der Waals surface area contributed by atoms with E-state index in [-0.39, 0.29) is 30.1 Å². The minimum Gasteiger partial charge on any atom is -0.454 e. The van der Waals surface area contributed by atoms with E-state index in [1.54, 1.807) is 25.2 Å². The summed E-state index contributed by atoms with van der Waals surface area (Å²) >= 11 is 6.45. The van der Waals surface area contributed by atoms with Gasteiger partial charge in [-0.3, -0.25) is 29.6 Å². The van der Waals surface area contributed by atoms with Crippen LogP contribution >= 0.6 is 11.6 Å². The SMILES string of the molecule is CCN(CC(C)[C@@H]1CC[C@@H](C)[C@@]2(O)[C@@H]1C=C(C)[C@@H](OC(C)=O)[C@@H]2OC(=O)[C@@H]1C[C@@]2(O)c3cccc(Cl)c3N(C)O[C@H]2N1)C(=O)C(C)(C)C. The van der Waals surface area contributed by atoms with Gasteiger partial charge in [-0.2, -0.15) is 0 Å². The number of carbonyl (C=O) groups excluding carboxylic acids is 3. The number of fused-ring (bicyclic) bond motifs is 4. The van der Waals surface area contributed by atoms with Crippen molar-refractivity contribution in [3.05, 3.63) is 40.4 Å². The quantitative estimate of drug-likeness (QED) is 0.280. The predicted molar refractivity (Wildman–Crippen MR) is 181 cm³/mol. The van der Waals surface area contributed by atoms with E-state index in [1.165, 1.54) is 12.0 Å². The maximum atomic E-state index is 14.1. The summed E-state index contributed by atoms with van der Waals surface area (Å²) in [6.07, 6.45) is 0.191. The summed E-state index contributed by atoms with van der Waals surface area (Å²) in [7, 11) is 1.68. The molecule has 2 aliphatic carbocycles. The van der Waals surface area contributed by atoms with Crippen LogP contribution in [0, 0.1) is 29.1 Å². The number of halogens is 1. The molecule has 3 N–H and O–H groups in total. The molecule has 5 rings (SSSR count). The first-order valence-electron chi connectivity index (χ1n) is 17.1. The van der Waals surface area contributed by atoms with E-state index >= 15 is 0 Å². The average Bonchev–Trinajstić information content (AvgIpc) is 3.35. The highest BCUT2D eigenvalue weighted by Gasteiger charge is 2.62. The van der Waals surface area contributed by atoms with Crippen molar-refractivity contribution < 1.29 is 38.9 Å². The van der Waals surface area contributed by atoms with Gasteiger partial charge in [0.1, 0.15) is 17.2 Å². The highest BCUT2D eigenvalue weighted by atomic mass is 35.5. The first kappa shape index (κ1) is 36.6. The number of hydrogen-bond donors (Lipinski definition) is 3. The molecule has 2 fully saturated rings. The van der Waals surface area contributed by atoms with Crippen LogP contribution in [0.25, 0.3) is 0 Å². The molecule has 1 amide bonds. The summed E-state index contributed by atoms with van der Waals surface area (Å²) in [4.78, 5) is 47.5. The number of aliphatic hydroxyl groups is 2. The van der Waals surface area contributed by atoms with Crippen LogP contribution in [0.2, 0.25) is 5.02 Å². The largest absolute Gasteiger partial charge is 0.454 e. The number of anilines is 1. The van der Waals surface area contributed by atoms with Gasteiger partial charge in [0.25, 0.3) is 0 Å². The lowest BCUT2D eigenvalue weighted by Gasteiger charge is -2.56. The van der Waals surface area contributed by atoms with Crippen LogP contribution < -0.4 is 10.4 Å². The number of hydrogen-bond acceptors (Lipinski definition) is 10. The van der Waals surface area contributed by atoms with Crippen molar-refractivity contribution in [2.75, 3.05) is 25.2 Å². The Bertz CT molecular complexity index is 1460. The van der Waals surface area contributed by atoms with E-state index in [0.717, 1.165) is 6.42 Å². The van der Waals surface area contributed by atoms with Gasteiger partial charge in [-0.1, -0.05) is 64.4 Å². The molecule has 0 spiro atoms. The van der Waals surface area contributed by atoms with Crippen LogP contribution in [0.1, 0.15) is 80.2 Å². The molecule has 266 valence electrons. The van der Waals surface area contributed by atoms with E-state index in [1.807, 2.05) is 52.5 Å². The van der Waals surface area contributed by atoms with Gasteiger partial charge in [-0.25, -0.2) is 0 Å². The van der Waals surface area contributed by atoms with E-state index < -0.39 is 59.0 Å². The average molecular weight is 690 g/mol. The third-order valence-corrected chi connectivity index (χ3v) is 11.3. The summed E-state index contributed by atoms with van der Waals surface area (Å²) in [5, 5.41) is 29.6. The molecule has 11 nitrogen and oxygen atoms in total. The number of carbonyl (C=O) groups is 3. The monoisotopic (exact) mass is 689 g/mol. The molecule has 1 saturated heterocycles. The molecule has 12 heteroatoms. The second-order valence-corrected chi connectivity index (χ2v) is 15.8. The number of nitrogens with zero attached hydrogens (tertiary/aromatic N) is 2. The molecular formula is C36H52ClN3O8. The molecule has 1 aromatic rings. The minimum atomic E-state index is -1.58. The number of rotatable bonds is 7. The van der Waals surface area contributed by atoms with Gasteiger partial charge >= 0.3 is 11.9 Å². The van der Waals surface area contributed by atoms with Crippen LogP contribution in [0.4, 0.5) is 5.69 Å². The van der Waals surface area contributed by atoms with Crippen LogP contribution in [0.15, 0.2) is 29.8 Å². The Labute approximate surface area is 288 Å². The molecule has 0 bridgehead atoms. The van der Waals surface area contributed by atoms with Crippen molar-refractivity contribution in [2.24, 2.45) is 29.1 Å². The van der Waals surface area contributed by atoms with Gasteiger partial charge in [-0.15, -0.1) is 0 Å². The fraction of sp³-hybridized carbons (Fsp3) is 0.694. The fourth-order valence-corrected chi connectivity index (χ4v) is 8.77. The summed E-state index contributed by atoms with van der Waals surface area (Å²) in [5.41, 5.74) is -1.96. The van der Waals surface area contributed by atoms with Crippen LogP contribution in [-0.2, 0) is 34.3 Å². The normalized spacial score (nSPS) is 35.0. The van der Waals surface area contributed by atoms with Gasteiger partial charge < -0.3 is 24.6 Å². The van der Waals surface area contributed by atoms with E-state index in [9.17, 15) is 24.6 Å². The Morgan fingerprint density at radius 2 is 1.90 bits per heavy atom. The van der Waals surface area contributed by atoms with Gasteiger partial charge in [0.05, 0.1) is 10.7 Å². The molecule has 2 heterocycles. The smallest absolute Gasteiger partial charge is 0.323 e. The molecule has 0 radical (unpaired) electrons. The Hall–Kier alpha value is -2.70. The summed E-state index contributed by atoms with van der Waals surface area (Å²) in [5.74, 6) is -1.96. The summed E-state index contributed by atoms with van der Waals surface area (Å²) in [6.45, 7) is 16.0. The molecule has 1 aromatic carbocycles. The van der Waals surface area contributed by atoms with Crippen molar-refractivity contribution in [1.82, 2.24) is 10.2 Å². The lowest BCUT2D eigenvalue weighted by Crippen LogP contribution is -2.66. The molecule has 4 aliphatic rings. The number of hydroxylamine groups is 1. The Kier molecular flexibility index (Phi) is 10.1. The van der Waals surface area contributed by atoms with Crippen LogP contribution in [-0.4, -0.2) is 83.2 Å². The number of nitrogens with one attached hydrogen (secondary N) is 1. The topological polar surface area (TPSA) is 138 Å². The van der Waals surface area contributed by atoms with Crippen molar-refractivity contribution in [1.29, 1.82) is 0 Å². The predicted octanol–water partition coefficient (Wildman–Crippen LogP) is 4.32. The van der Waals surface area contributed by atoms with Crippen LogP contribution in [0.5, 0.6) is 0 Å². The van der Waals surface area contributed by atoms with Crippen molar-refractivity contribution in [3.8, 4) is 0 Å². The maximum Gasteiger partial charge on any atom is 0.323 e. The highest BCUT2D eigenvalue weighted by molar-refractivity contribution is 6.33. The lowest BCUT2D eigenvalue weighted by atomic mass is 9.55. The molecule has 10 atom stereocenters. The first-order valence-corrected chi connectivity index (χ1v) is 17.5. The van der Waals surface area contributed by atoms with Crippen molar-refractivity contribution in [3.63, 3.8) is 0 Å². The fourth-order valence-electron chi connectivity index (χ4n) is 8.47. The first-order chi connectivity index (χ1) is 22.3. The van der Waals surface area contributed by atoms with E-state index in [2.05, 4.69) is 12.2 Å². The Morgan fingerprint density at radius 3 is 2.52 bits per heavy atom. The molecule has 1 unspecified atom stereocenters. The van der Waals surface area contributed by atoms with E-state index in [0.29, 0.717) is 41.4 Å². The Balaban J connectivity index is 1.45. The standard InChI is InChI=1S/C36H52ClN3O8/c1-10-40(33(43)34(6,7)8)18-20(3)23-15-14-21(4)36(45)25(23)16-19(2)29(46-22(5)41)30(36)47-31(42)27-17-35(44)24-12-11-13-26(37)28(24)39(9)48-32(35)38-27/h11-13,16,20-21,23,25,27,29-30,32,38,44-45H,10,14-15,17-18H2,1-9H3/t20?,21-,23+,25-,27+,29-,30+,32-,35-,36-/m1/s1. The summed E-state index contributed by atoms with van der Waals surface area (Å²) in [6, 6.07) is 4.19. The zero-order chi connectivity index (χ0) is 35.5. The lowest BCUT2D eigenvalue weighted by molar-refractivity contribution is -0.225. The number of amides is 1. The third-order valence-electron chi connectivity index (χ3n) is 11.0. The van der Waals surface area contributed by atoms with Gasteiger partial charge in [0.15, 0.2) is 18.4 Å². The maximum absolute atomic E-state index is 14.1. The molecular weight excluding hydrogens is 638 g/mol. The van der Waals surface area contributed by atoms with Crippen LogP contribution in [0.3, 0.4) is 0 Å². The van der Waals surface area contributed by atoms with E-state index in [4.69, 9.17) is 25.9 Å². The minimum absolute atomic E-state index is 0.0147. The third kappa shape index (κ3) is 6.25. The van der Waals surface area contributed by atoms with Gasteiger partial charge in [0.2, 0.25) is 5.91 Å². The second kappa shape index (κ2) is 13.2. The zero-order valence-electron chi connectivity index (χ0n) is 29.6. The number of esters is 2. The highest BCUT2D eigenvalue weighted by Crippen LogP contribution is 2.53. The van der Waals surface area contributed by atoms with Gasteiger partial charge in [-0.05, 0) is 56.1 Å².